The van der Waals surface area contributed by atoms with E-state index in [9.17, 15) is 15.0 Å². The summed E-state index contributed by atoms with van der Waals surface area (Å²) >= 11 is 0. The van der Waals surface area contributed by atoms with Crippen molar-refractivity contribution in [1.29, 1.82) is 0 Å². The normalized spacial score (nSPS) is 33.7. The molecule has 3 heterocycles. The lowest BCUT2D eigenvalue weighted by atomic mass is 9.65. The zero-order valence-corrected chi connectivity index (χ0v) is 19.2. The molecule has 2 aliphatic heterocycles. The molecule has 9 heteroatoms. The predicted molar refractivity (Wildman–Crippen MR) is 121 cm³/mol. The Bertz CT molecular complexity index is 725. The third-order valence-electron chi connectivity index (χ3n) is 7.00. The first-order valence-corrected chi connectivity index (χ1v) is 10.5. The molecule has 170 valence electrons. The van der Waals surface area contributed by atoms with E-state index in [-0.39, 0.29) is 54.4 Å². The first kappa shape index (κ1) is 25.1. The van der Waals surface area contributed by atoms with Crippen molar-refractivity contribution in [3.63, 3.8) is 0 Å². The van der Waals surface area contributed by atoms with Crippen molar-refractivity contribution in [2.45, 2.75) is 32.5 Å². The molecule has 3 aliphatic rings. The van der Waals surface area contributed by atoms with Gasteiger partial charge in [-0.05, 0) is 43.9 Å². The van der Waals surface area contributed by atoms with Gasteiger partial charge in [0.25, 0.3) is 0 Å². The topological polar surface area (TPSA) is 88.9 Å². The second-order valence-electron chi connectivity index (χ2n) is 8.67. The fourth-order valence-corrected chi connectivity index (χ4v) is 5.40. The van der Waals surface area contributed by atoms with Crippen molar-refractivity contribution >= 4 is 36.4 Å². The van der Waals surface area contributed by atoms with Gasteiger partial charge >= 0.3 is 0 Å². The molecule has 1 aromatic rings. The number of fused-ring (bicyclic) bond motifs is 1. The average Bonchev–Trinajstić information content (AvgIpc) is 3.03. The first-order valence-electron chi connectivity index (χ1n) is 10.5. The third-order valence-corrected chi connectivity index (χ3v) is 7.00. The SMILES string of the molecule is Cc1cc(N2CCCN(C(=O)[C@H]3[C@@H](C)[C@H](O)[C@@H](O)[C@H]4CNC[C@@H]43)CC2)ccn1.Cl.Cl. The van der Waals surface area contributed by atoms with Gasteiger partial charge in [-0.2, -0.15) is 0 Å². The molecule has 1 saturated carbocycles. The van der Waals surface area contributed by atoms with Crippen LogP contribution in [0, 0.1) is 30.6 Å². The van der Waals surface area contributed by atoms with E-state index in [2.05, 4.69) is 21.3 Å². The zero-order chi connectivity index (χ0) is 19.8. The lowest BCUT2D eigenvalue weighted by Gasteiger charge is -2.44. The molecular weight excluding hydrogens is 427 g/mol. The van der Waals surface area contributed by atoms with Gasteiger partial charge in [-0.1, -0.05) is 6.92 Å². The van der Waals surface area contributed by atoms with Crippen LogP contribution < -0.4 is 10.2 Å². The predicted octanol–water partition coefficient (Wildman–Crippen LogP) is 1.10. The van der Waals surface area contributed by atoms with E-state index < -0.39 is 12.2 Å². The highest BCUT2D eigenvalue weighted by Crippen LogP contribution is 2.42. The Labute approximate surface area is 191 Å². The van der Waals surface area contributed by atoms with Crippen LogP contribution in [0.4, 0.5) is 5.69 Å². The molecule has 3 N–H and O–H groups in total. The minimum absolute atomic E-state index is 0. The molecular formula is C21H34Cl2N4O3. The molecule has 7 nitrogen and oxygen atoms in total. The van der Waals surface area contributed by atoms with Gasteiger partial charge in [0.05, 0.1) is 12.2 Å². The van der Waals surface area contributed by atoms with Gasteiger partial charge in [0.2, 0.25) is 5.91 Å². The van der Waals surface area contributed by atoms with E-state index >= 15 is 0 Å². The van der Waals surface area contributed by atoms with Crippen molar-refractivity contribution in [2.75, 3.05) is 44.2 Å². The van der Waals surface area contributed by atoms with Crippen LogP contribution in [0.1, 0.15) is 19.0 Å². The van der Waals surface area contributed by atoms with Crippen LogP contribution in [0.2, 0.25) is 0 Å². The number of aromatic nitrogens is 1. The van der Waals surface area contributed by atoms with Gasteiger partial charge in [-0.15, -0.1) is 24.8 Å². The molecule has 0 radical (unpaired) electrons. The summed E-state index contributed by atoms with van der Waals surface area (Å²) in [7, 11) is 0. The van der Waals surface area contributed by atoms with Gasteiger partial charge in [-0.25, -0.2) is 0 Å². The van der Waals surface area contributed by atoms with Gasteiger partial charge in [0, 0.05) is 62.1 Å². The third kappa shape index (κ3) is 4.70. The lowest BCUT2D eigenvalue weighted by Crippen LogP contribution is -2.56. The van der Waals surface area contributed by atoms with Crippen molar-refractivity contribution in [2.24, 2.45) is 23.7 Å². The quantitative estimate of drug-likeness (QED) is 0.612. The Morgan fingerprint density at radius 2 is 1.83 bits per heavy atom. The minimum atomic E-state index is -0.835. The van der Waals surface area contributed by atoms with Crippen LogP contribution in [-0.4, -0.2) is 77.5 Å². The summed E-state index contributed by atoms with van der Waals surface area (Å²) in [5.74, 6) is -0.254. The molecule has 2 saturated heterocycles. The number of halogens is 2. The number of aryl methyl sites for hydroxylation is 1. The summed E-state index contributed by atoms with van der Waals surface area (Å²) in [6.45, 7) is 8.47. The molecule has 4 rings (SSSR count). The van der Waals surface area contributed by atoms with E-state index in [1.807, 2.05) is 31.0 Å². The molecule has 0 bridgehead atoms. The molecule has 3 fully saturated rings. The number of aliphatic hydroxyl groups is 2. The maximum absolute atomic E-state index is 13.5. The van der Waals surface area contributed by atoms with Crippen molar-refractivity contribution in [3.8, 4) is 0 Å². The largest absolute Gasteiger partial charge is 0.390 e. The molecule has 6 atom stereocenters. The van der Waals surface area contributed by atoms with E-state index in [4.69, 9.17) is 0 Å². The highest BCUT2D eigenvalue weighted by molar-refractivity contribution is 5.85. The zero-order valence-electron chi connectivity index (χ0n) is 17.6. The van der Waals surface area contributed by atoms with Gasteiger partial charge in [0.1, 0.15) is 0 Å². The number of nitrogens with zero attached hydrogens (tertiary/aromatic N) is 3. The monoisotopic (exact) mass is 460 g/mol. The fourth-order valence-electron chi connectivity index (χ4n) is 5.40. The Kier molecular flexibility index (Phi) is 8.77. The van der Waals surface area contributed by atoms with E-state index in [1.165, 1.54) is 0 Å². The maximum atomic E-state index is 13.5. The molecule has 0 unspecified atom stereocenters. The summed E-state index contributed by atoms with van der Waals surface area (Å²) < 4.78 is 0. The number of nitrogens with one attached hydrogen (secondary N) is 1. The lowest BCUT2D eigenvalue weighted by molar-refractivity contribution is -0.155. The second-order valence-corrected chi connectivity index (χ2v) is 8.67. The van der Waals surface area contributed by atoms with Crippen molar-refractivity contribution in [1.82, 2.24) is 15.2 Å². The number of carbonyl (C=O) groups is 1. The van der Waals surface area contributed by atoms with E-state index in [0.29, 0.717) is 13.1 Å². The van der Waals surface area contributed by atoms with E-state index in [0.717, 1.165) is 44.0 Å². The summed E-state index contributed by atoms with van der Waals surface area (Å²) in [5, 5.41) is 24.3. The Morgan fingerprint density at radius 1 is 1.10 bits per heavy atom. The van der Waals surface area contributed by atoms with Crippen LogP contribution in [-0.2, 0) is 4.79 Å². The smallest absolute Gasteiger partial charge is 0.226 e. The molecule has 0 spiro atoms. The number of rotatable bonds is 2. The number of hydrogen-bond acceptors (Lipinski definition) is 6. The minimum Gasteiger partial charge on any atom is -0.390 e. The summed E-state index contributed by atoms with van der Waals surface area (Å²) in [5.41, 5.74) is 2.16. The number of pyridine rings is 1. The van der Waals surface area contributed by atoms with Crippen LogP contribution in [0.25, 0.3) is 0 Å². The Morgan fingerprint density at radius 3 is 2.57 bits per heavy atom. The van der Waals surface area contributed by atoms with E-state index in [1.54, 1.807) is 0 Å². The molecule has 0 aromatic carbocycles. The molecule has 1 aromatic heterocycles. The molecule has 1 aliphatic carbocycles. The van der Waals surface area contributed by atoms with Crippen LogP contribution in [0.5, 0.6) is 0 Å². The number of anilines is 1. The average molecular weight is 461 g/mol. The summed E-state index contributed by atoms with van der Waals surface area (Å²) in [4.78, 5) is 22.1. The fraction of sp³-hybridized carbons (Fsp3) is 0.714. The van der Waals surface area contributed by atoms with Crippen LogP contribution in [0.15, 0.2) is 18.3 Å². The highest BCUT2D eigenvalue weighted by atomic mass is 35.5. The summed E-state index contributed by atoms with van der Waals surface area (Å²) in [6, 6.07) is 4.12. The van der Waals surface area contributed by atoms with Crippen molar-refractivity contribution in [3.05, 3.63) is 24.0 Å². The number of hydrogen-bond donors (Lipinski definition) is 3. The Hall–Kier alpha value is -1.12. The number of amides is 1. The van der Waals surface area contributed by atoms with Crippen molar-refractivity contribution < 1.29 is 15.0 Å². The van der Waals surface area contributed by atoms with Crippen LogP contribution in [0.3, 0.4) is 0 Å². The van der Waals surface area contributed by atoms with Gasteiger partial charge in [-0.3, -0.25) is 9.78 Å². The first-order chi connectivity index (χ1) is 13.5. The highest BCUT2D eigenvalue weighted by Gasteiger charge is 2.52. The number of aliphatic hydroxyl groups excluding tert-OH is 2. The maximum Gasteiger partial charge on any atom is 0.226 e. The summed E-state index contributed by atoms with van der Waals surface area (Å²) in [6.07, 6.45) is 1.18. The van der Waals surface area contributed by atoms with Gasteiger partial charge in [0.15, 0.2) is 0 Å². The Balaban J connectivity index is 0.00000160. The standard InChI is InChI=1S/C21H32N4O3.2ClH/c1-13-10-15(4-5-23-13)24-6-3-7-25(9-8-24)21(28)18-14(2)19(26)20(27)17-12-22-11-16(17)18;;/h4-5,10,14,16-20,22,26-27H,3,6-9,11-12H2,1-2H3;2*1H/t14-,16+,17+,18+,19+,20+;;/m1../s1. The molecule has 30 heavy (non-hydrogen) atoms. The number of carbonyl (C=O) groups excluding carboxylic acids is 1. The van der Waals surface area contributed by atoms with Gasteiger partial charge < -0.3 is 25.3 Å². The molecule has 1 amide bonds. The second kappa shape index (κ2) is 10.5. The van der Waals surface area contributed by atoms with Crippen LogP contribution >= 0.6 is 24.8 Å².